The second-order valence-corrected chi connectivity index (χ2v) is 5.66. The van der Waals surface area contributed by atoms with Crippen molar-refractivity contribution < 1.29 is 14.3 Å². The lowest BCUT2D eigenvalue weighted by Crippen LogP contribution is -2.01. The molecular formula is C21H14O3. The Bertz CT molecular complexity index is 991. The summed E-state index contributed by atoms with van der Waals surface area (Å²) in [4.78, 5) is 25.2. The molecule has 0 saturated carbocycles. The number of carbonyl (C=O) groups excluding carboxylic acids is 2. The van der Waals surface area contributed by atoms with Crippen molar-refractivity contribution in [3.05, 3.63) is 82.9 Å². The summed E-state index contributed by atoms with van der Waals surface area (Å²) in [5.74, 6) is 0.175. The zero-order valence-corrected chi connectivity index (χ0v) is 13.1. The maximum Gasteiger partial charge on any atom is 0.197 e. The third kappa shape index (κ3) is 2.06. The van der Waals surface area contributed by atoms with Crippen molar-refractivity contribution in [2.45, 2.75) is 0 Å². The molecule has 3 nitrogen and oxygen atoms in total. The number of ketones is 2. The number of benzene rings is 3. The molecule has 0 spiro atoms. The molecule has 3 aromatic rings. The highest BCUT2D eigenvalue weighted by atomic mass is 16.5. The molecule has 0 amide bonds. The first-order valence-electron chi connectivity index (χ1n) is 7.66. The average molecular weight is 314 g/mol. The Balaban J connectivity index is 1.96. The Morgan fingerprint density at radius 3 is 2.08 bits per heavy atom. The van der Waals surface area contributed by atoms with Crippen LogP contribution in [0.15, 0.2) is 66.2 Å². The van der Waals surface area contributed by atoms with Gasteiger partial charge in [-0.2, -0.15) is 0 Å². The summed E-state index contributed by atoms with van der Waals surface area (Å²) in [5.41, 5.74) is 1.87. The molecule has 0 bridgehead atoms. The quantitative estimate of drug-likeness (QED) is 0.523. The summed E-state index contributed by atoms with van der Waals surface area (Å²) in [6.45, 7) is 0. The van der Waals surface area contributed by atoms with Crippen LogP contribution in [-0.4, -0.2) is 18.7 Å². The van der Waals surface area contributed by atoms with Crippen LogP contribution in [0.5, 0.6) is 5.75 Å². The van der Waals surface area contributed by atoms with E-state index in [9.17, 15) is 9.59 Å². The van der Waals surface area contributed by atoms with Crippen LogP contribution in [0, 0.1) is 0 Å². The molecule has 1 aliphatic carbocycles. The Morgan fingerprint density at radius 1 is 0.792 bits per heavy atom. The van der Waals surface area contributed by atoms with E-state index in [4.69, 9.17) is 4.74 Å². The number of hydrogen-bond donors (Lipinski definition) is 0. The summed E-state index contributed by atoms with van der Waals surface area (Å²) in [7, 11) is 1.58. The largest absolute Gasteiger partial charge is 0.496 e. The van der Waals surface area contributed by atoms with Crippen molar-refractivity contribution in [2.24, 2.45) is 0 Å². The Hall–Kier alpha value is -3.20. The first-order chi connectivity index (χ1) is 11.7. The summed E-state index contributed by atoms with van der Waals surface area (Å²) >= 11 is 0. The summed E-state index contributed by atoms with van der Waals surface area (Å²) < 4.78 is 5.44. The van der Waals surface area contributed by atoms with E-state index in [2.05, 4.69) is 0 Å². The lowest BCUT2D eigenvalue weighted by atomic mass is 9.99. The molecule has 3 aromatic carbocycles. The summed E-state index contributed by atoms with van der Waals surface area (Å²) in [6.07, 6.45) is 1.66. The first kappa shape index (κ1) is 14.4. The van der Waals surface area contributed by atoms with Gasteiger partial charge in [-0.25, -0.2) is 0 Å². The highest BCUT2D eigenvalue weighted by Crippen LogP contribution is 2.33. The first-order valence-corrected chi connectivity index (χ1v) is 7.66. The molecule has 3 heteroatoms. The molecule has 0 atom stereocenters. The molecule has 0 aromatic heterocycles. The standard InChI is InChI=1S/C21H14O3/c1-24-19-11-10-13-6-2-3-7-14(13)17(19)12-18-20(22)15-8-4-5-9-16(15)21(18)23/h2-12H,1H3. The van der Waals surface area contributed by atoms with Crippen molar-refractivity contribution in [1.82, 2.24) is 0 Å². The fourth-order valence-electron chi connectivity index (χ4n) is 3.15. The Kier molecular flexibility index (Phi) is 3.28. The number of methoxy groups -OCH3 is 1. The molecule has 4 rings (SSSR count). The van der Waals surface area contributed by atoms with Gasteiger partial charge < -0.3 is 4.74 Å². The lowest BCUT2D eigenvalue weighted by Gasteiger charge is -2.09. The van der Waals surface area contributed by atoms with Crippen LogP contribution in [0.1, 0.15) is 26.3 Å². The van der Waals surface area contributed by atoms with Gasteiger partial charge in [0.15, 0.2) is 11.6 Å². The molecule has 116 valence electrons. The van der Waals surface area contributed by atoms with Gasteiger partial charge in [-0.3, -0.25) is 9.59 Å². The van der Waals surface area contributed by atoms with Crippen molar-refractivity contribution in [1.29, 1.82) is 0 Å². The smallest absolute Gasteiger partial charge is 0.197 e. The number of fused-ring (bicyclic) bond motifs is 2. The zero-order chi connectivity index (χ0) is 16.7. The number of allylic oxidation sites excluding steroid dienone is 1. The number of rotatable bonds is 2. The highest BCUT2D eigenvalue weighted by Gasteiger charge is 2.32. The third-order valence-corrected chi connectivity index (χ3v) is 4.34. The molecule has 0 unspecified atom stereocenters. The van der Waals surface area contributed by atoms with Crippen molar-refractivity contribution in [2.75, 3.05) is 7.11 Å². The van der Waals surface area contributed by atoms with E-state index in [0.717, 1.165) is 16.3 Å². The van der Waals surface area contributed by atoms with Crippen LogP contribution in [0.3, 0.4) is 0 Å². The van der Waals surface area contributed by atoms with Gasteiger partial charge in [0.05, 0.1) is 12.7 Å². The van der Waals surface area contributed by atoms with E-state index in [1.54, 1.807) is 37.5 Å². The van der Waals surface area contributed by atoms with Gasteiger partial charge in [-0.1, -0.05) is 54.6 Å². The Labute approximate surface area is 139 Å². The molecule has 0 radical (unpaired) electrons. The van der Waals surface area contributed by atoms with Gasteiger partial charge in [0.2, 0.25) is 0 Å². The second kappa shape index (κ2) is 5.46. The molecule has 0 aliphatic heterocycles. The predicted octanol–water partition coefficient (Wildman–Crippen LogP) is 4.31. The van der Waals surface area contributed by atoms with Crippen LogP contribution in [0.2, 0.25) is 0 Å². The van der Waals surface area contributed by atoms with E-state index in [-0.39, 0.29) is 17.1 Å². The maximum atomic E-state index is 12.6. The fourth-order valence-corrected chi connectivity index (χ4v) is 3.15. The maximum absolute atomic E-state index is 12.6. The van der Waals surface area contributed by atoms with Gasteiger partial charge in [-0.15, -0.1) is 0 Å². The summed E-state index contributed by atoms with van der Waals surface area (Å²) in [6, 6.07) is 18.6. The van der Waals surface area contributed by atoms with Crippen molar-refractivity contribution in [3.63, 3.8) is 0 Å². The second-order valence-electron chi connectivity index (χ2n) is 5.66. The Morgan fingerprint density at radius 2 is 1.42 bits per heavy atom. The number of hydrogen-bond acceptors (Lipinski definition) is 3. The number of carbonyl (C=O) groups is 2. The van der Waals surface area contributed by atoms with Gasteiger partial charge in [0, 0.05) is 16.7 Å². The van der Waals surface area contributed by atoms with E-state index in [1.807, 2.05) is 36.4 Å². The topological polar surface area (TPSA) is 43.4 Å². The van der Waals surface area contributed by atoms with Gasteiger partial charge >= 0.3 is 0 Å². The normalized spacial score (nSPS) is 13.3. The van der Waals surface area contributed by atoms with Gasteiger partial charge in [0.1, 0.15) is 5.75 Å². The molecule has 0 saturated heterocycles. The minimum absolute atomic E-state index is 0.186. The van der Waals surface area contributed by atoms with Crippen LogP contribution in [0.4, 0.5) is 0 Å². The predicted molar refractivity (Wildman–Crippen MR) is 93.6 cm³/mol. The number of Topliss-reactive ketones (excluding diaryl/α,β-unsaturated/α-hetero) is 2. The molecule has 24 heavy (non-hydrogen) atoms. The van der Waals surface area contributed by atoms with E-state index >= 15 is 0 Å². The molecule has 0 N–H and O–H groups in total. The monoisotopic (exact) mass is 314 g/mol. The van der Waals surface area contributed by atoms with Crippen molar-refractivity contribution in [3.8, 4) is 5.75 Å². The molecular weight excluding hydrogens is 300 g/mol. The van der Waals surface area contributed by atoms with Gasteiger partial charge in [-0.05, 0) is 22.9 Å². The third-order valence-electron chi connectivity index (χ3n) is 4.34. The minimum Gasteiger partial charge on any atom is -0.496 e. The summed E-state index contributed by atoms with van der Waals surface area (Å²) in [5, 5.41) is 1.97. The molecule has 0 fully saturated rings. The van der Waals surface area contributed by atoms with Crippen LogP contribution in [-0.2, 0) is 0 Å². The fraction of sp³-hybridized carbons (Fsp3) is 0.0476. The zero-order valence-electron chi connectivity index (χ0n) is 13.1. The van der Waals surface area contributed by atoms with Crippen LogP contribution in [0.25, 0.3) is 16.8 Å². The SMILES string of the molecule is COc1ccc2ccccc2c1C=C1C(=O)c2ccccc2C1=O. The van der Waals surface area contributed by atoms with Gasteiger partial charge in [0.25, 0.3) is 0 Å². The number of ether oxygens (including phenoxy) is 1. The highest BCUT2D eigenvalue weighted by molar-refractivity contribution is 6.41. The average Bonchev–Trinajstić information content (AvgIpc) is 2.87. The van der Waals surface area contributed by atoms with E-state index < -0.39 is 0 Å². The van der Waals surface area contributed by atoms with E-state index in [0.29, 0.717) is 16.9 Å². The molecule has 1 aliphatic rings. The van der Waals surface area contributed by atoms with E-state index in [1.165, 1.54) is 0 Å². The van der Waals surface area contributed by atoms with Crippen molar-refractivity contribution >= 4 is 28.4 Å². The lowest BCUT2D eigenvalue weighted by molar-refractivity contribution is 0.0990. The molecule has 0 heterocycles. The minimum atomic E-state index is -0.231. The van der Waals surface area contributed by atoms with Crippen LogP contribution >= 0.6 is 0 Å². The van der Waals surface area contributed by atoms with Crippen LogP contribution < -0.4 is 4.74 Å².